The van der Waals surface area contributed by atoms with Gasteiger partial charge in [0.2, 0.25) is 0 Å². The molecule has 1 aromatic carbocycles. The summed E-state index contributed by atoms with van der Waals surface area (Å²) >= 11 is 0. The van der Waals surface area contributed by atoms with Crippen LogP contribution in [0, 0.1) is 13.8 Å². The van der Waals surface area contributed by atoms with Crippen LogP contribution in [-0.2, 0) is 14.9 Å². The van der Waals surface area contributed by atoms with E-state index in [-0.39, 0.29) is 17.4 Å². The van der Waals surface area contributed by atoms with Crippen LogP contribution in [0.25, 0.3) is 0 Å². The molecule has 1 heterocycles. The van der Waals surface area contributed by atoms with E-state index < -0.39 is 16.2 Å². The Hall–Kier alpha value is -1.64. The maximum atomic E-state index is 12.5. The van der Waals surface area contributed by atoms with Crippen LogP contribution >= 0.6 is 0 Å². The minimum absolute atomic E-state index is 0.0524. The highest BCUT2D eigenvalue weighted by Gasteiger charge is 2.29. The number of hydrogen-bond acceptors (Lipinski definition) is 4. The molecule has 0 aliphatic carbocycles. The fourth-order valence-electron chi connectivity index (χ4n) is 2.59. The molecule has 128 valence electrons. The van der Waals surface area contributed by atoms with Crippen molar-refractivity contribution in [3.8, 4) is 0 Å². The smallest absolute Gasteiger partial charge is 0.337 e. The molecule has 0 amide bonds. The highest BCUT2D eigenvalue weighted by Crippen LogP contribution is 2.24. The molecule has 1 saturated heterocycles. The summed E-state index contributed by atoms with van der Waals surface area (Å²) in [6, 6.07) is 3.03. The van der Waals surface area contributed by atoms with Crippen LogP contribution in [0.3, 0.4) is 0 Å². The van der Waals surface area contributed by atoms with Crippen molar-refractivity contribution in [3.63, 3.8) is 0 Å². The Labute approximate surface area is 136 Å². The van der Waals surface area contributed by atoms with Gasteiger partial charge < -0.3 is 9.84 Å². The van der Waals surface area contributed by atoms with Crippen LogP contribution in [0.1, 0.15) is 34.3 Å². The number of ether oxygens (including phenoxy) is 1. The summed E-state index contributed by atoms with van der Waals surface area (Å²) in [5.74, 6) is -1.16. The van der Waals surface area contributed by atoms with Gasteiger partial charge in [-0.1, -0.05) is 0 Å². The predicted octanol–water partition coefficient (Wildman–Crippen LogP) is 1.77. The van der Waals surface area contributed by atoms with Gasteiger partial charge in [0, 0.05) is 20.2 Å². The molecule has 0 spiro atoms. The lowest BCUT2D eigenvalue weighted by atomic mass is 10.0. The first-order valence-corrected chi connectivity index (χ1v) is 8.84. The first kappa shape index (κ1) is 17.7. The van der Waals surface area contributed by atoms with E-state index in [0.29, 0.717) is 25.9 Å². The molecule has 0 aromatic heterocycles. The highest BCUT2D eigenvalue weighted by molar-refractivity contribution is 7.90. The lowest BCUT2D eigenvalue weighted by Gasteiger charge is -2.30. The van der Waals surface area contributed by atoms with E-state index in [2.05, 4.69) is 4.72 Å². The number of rotatable bonds is 5. The first-order chi connectivity index (χ1) is 10.7. The Morgan fingerprint density at radius 3 is 2.35 bits per heavy atom. The fourth-order valence-corrected chi connectivity index (χ4v) is 3.86. The van der Waals surface area contributed by atoms with Crippen LogP contribution in [0.2, 0.25) is 0 Å². The quantitative estimate of drug-likeness (QED) is 0.850. The summed E-state index contributed by atoms with van der Waals surface area (Å²) in [5.41, 5.74) is 1.66. The number of anilines is 1. The van der Waals surface area contributed by atoms with Gasteiger partial charge in [-0.15, -0.1) is 0 Å². The van der Waals surface area contributed by atoms with Crippen molar-refractivity contribution in [1.29, 1.82) is 0 Å². The van der Waals surface area contributed by atoms with Crippen LogP contribution in [-0.4, -0.2) is 50.1 Å². The van der Waals surface area contributed by atoms with E-state index in [0.717, 1.165) is 11.1 Å². The average molecular weight is 342 g/mol. The lowest BCUT2D eigenvalue weighted by molar-refractivity contribution is 0.0606. The molecule has 0 bridgehead atoms. The van der Waals surface area contributed by atoms with Gasteiger partial charge in [-0.25, -0.2) is 4.79 Å². The van der Waals surface area contributed by atoms with E-state index in [4.69, 9.17) is 4.74 Å². The lowest BCUT2D eigenvalue weighted by Crippen LogP contribution is -2.43. The van der Waals surface area contributed by atoms with Gasteiger partial charge in [-0.3, -0.25) is 4.72 Å². The summed E-state index contributed by atoms with van der Waals surface area (Å²) in [4.78, 5) is 11.4. The van der Waals surface area contributed by atoms with Crippen LogP contribution < -0.4 is 4.72 Å². The number of aromatic carboxylic acids is 1. The summed E-state index contributed by atoms with van der Waals surface area (Å²) in [7, 11) is -2.18. The summed E-state index contributed by atoms with van der Waals surface area (Å²) in [5, 5.41) is 9.29. The van der Waals surface area contributed by atoms with E-state index in [1.165, 1.54) is 10.4 Å². The number of carbonyl (C=O) groups is 1. The molecule has 0 unspecified atom stereocenters. The molecular formula is C15H22N2O5S. The zero-order valence-electron chi connectivity index (χ0n) is 13.5. The predicted molar refractivity (Wildman–Crippen MR) is 87.0 cm³/mol. The van der Waals surface area contributed by atoms with Crippen molar-refractivity contribution < 1.29 is 23.1 Å². The maximum Gasteiger partial charge on any atom is 0.337 e. The topological polar surface area (TPSA) is 95.9 Å². The van der Waals surface area contributed by atoms with Gasteiger partial charge in [0.25, 0.3) is 0 Å². The first-order valence-electron chi connectivity index (χ1n) is 7.40. The molecule has 0 atom stereocenters. The number of nitrogens with zero attached hydrogens (tertiary/aromatic N) is 1. The molecule has 0 radical (unpaired) electrons. The van der Waals surface area contributed by atoms with E-state index in [9.17, 15) is 18.3 Å². The molecule has 23 heavy (non-hydrogen) atoms. The van der Waals surface area contributed by atoms with Crippen molar-refractivity contribution >= 4 is 21.9 Å². The Bertz CT molecular complexity index is 694. The Kier molecular flexibility index (Phi) is 5.28. The highest BCUT2D eigenvalue weighted by atomic mass is 32.2. The van der Waals surface area contributed by atoms with Crippen LogP contribution in [0.15, 0.2) is 12.1 Å². The SMILES string of the molecule is COC1CCN(S(=O)(=O)Nc2cc(C)c(C)cc2C(=O)O)CC1. The molecule has 1 fully saturated rings. The number of hydrogen-bond donors (Lipinski definition) is 2. The van der Waals surface area contributed by atoms with Gasteiger partial charge in [0.15, 0.2) is 0 Å². The Morgan fingerprint density at radius 2 is 1.83 bits per heavy atom. The van der Waals surface area contributed by atoms with Crippen molar-refractivity contribution in [3.05, 3.63) is 28.8 Å². The van der Waals surface area contributed by atoms with Gasteiger partial charge in [0.05, 0.1) is 17.4 Å². The van der Waals surface area contributed by atoms with Crippen molar-refractivity contribution in [2.24, 2.45) is 0 Å². The third-order valence-electron chi connectivity index (χ3n) is 4.18. The molecule has 1 aliphatic heterocycles. The second kappa shape index (κ2) is 6.86. The third kappa shape index (κ3) is 4.01. The second-order valence-electron chi connectivity index (χ2n) is 5.73. The normalized spacial score (nSPS) is 17.2. The van der Waals surface area contributed by atoms with Crippen molar-refractivity contribution in [1.82, 2.24) is 4.31 Å². The standard InChI is InChI=1S/C15H22N2O5S/c1-10-8-13(15(18)19)14(9-11(10)2)16-23(20,21)17-6-4-12(22-3)5-7-17/h8-9,12,16H,4-7H2,1-3H3,(H,18,19). The number of carboxylic acid groups (broad SMARTS) is 1. The average Bonchev–Trinajstić information content (AvgIpc) is 2.50. The van der Waals surface area contributed by atoms with Gasteiger partial charge in [0.1, 0.15) is 0 Å². The molecule has 1 aromatic rings. The number of aryl methyl sites for hydroxylation is 2. The third-order valence-corrected chi connectivity index (χ3v) is 5.70. The van der Waals surface area contributed by atoms with Crippen LogP contribution in [0.4, 0.5) is 5.69 Å². The molecule has 8 heteroatoms. The van der Waals surface area contributed by atoms with Crippen LogP contribution in [0.5, 0.6) is 0 Å². The number of methoxy groups -OCH3 is 1. The number of carboxylic acids is 1. The largest absolute Gasteiger partial charge is 0.478 e. The summed E-state index contributed by atoms with van der Waals surface area (Å²) in [6.45, 7) is 4.29. The van der Waals surface area contributed by atoms with E-state index in [1.807, 2.05) is 6.92 Å². The van der Waals surface area contributed by atoms with E-state index in [1.54, 1.807) is 20.1 Å². The summed E-state index contributed by atoms with van der Waals surface area (Å²) in [6.07, 6.45) is 1.31. The number of nitrogens with one attached hydrogen (secondary N) is 1. The van der Waals surface area contributed by atoms with Gasteiger partial charge in [-0.05, 0) is 49.9 Å². The molecule has 1 aliphatic rings. The van der Waals surface area contributed by atoms with Gasteiger partial charge >= 0.3 is 16.2 Å². The molecular weight excluding hydrogens is 320 g/mol. The zero-order valence-corrected chi connectivity index (χ0v) is 14.3. The van der Waals surface area contributed by atoms with Crippen molar-refractivity contribution in [2.75, 3.05) is 24.9 Å². The number of benzene rings is 1. The molecule has 2 rings (SSSR count). The second-order valence-corrected chi connectivity index (χ2v) is 7.40. The van der Waals surface area contributed by atoms with Gasteiger partial charge in [-0.2, -0.15) is 12.7 Å². The fraction of sp³-hybridized carbons (Fsp3) is 0.533. The Balaban J connectivity index is 2.24. The maximum absolute atomic E-state index is 12.5. The molecule has 7 nitrogen and oxygen atoms in total. The minimum Gasteiger partial charge on any atom is -0.478 e. The minimum atomic E-state index is -3.79. The van der Waals surface area contributed by atoms with E-state index >= 15 is 0 Å². The monoisotopic (exact) mass is 342 g/mol. The van der Waals surface area contributed by atoms with Crippen molar-refractivity contribution in [2.45, 2.75) is 32.8 Å². The number of piperidine rings is 1. The Morgan fingerprint density at radius 1 is 1.26 bits per heavy atom. The molecule has 2 N–H and O–H groups in total. The molecule has 0 saturated carbocycles. The zero-order chi connectivity index (χ0) is 17.2. The summed E-state index contributed by atoms with van der Waals surface area (Å²) < 4.78 is 34.0.